The quantitative estimate of drug-likeness (QED) is 0.647. The highest BCUT2D eigenvalue weighted by molar-refractivity contribution is 5.95. The average Bonchev–Trinajstić information content (AvgIpc) is 3.15. The number of H-pyrrole nitrogens is 1. The monoisotopic (exact) mass is 368 g/mol. The Labute approximate surface area is 155 Å². The van der Waals surface area contributed by atoms with Gasteiger partial charge in [-0.2, -0.15) is 0 Å². The van der Waals surface area contributed by atoms with E-state index in [0.29, 0.717) is 35.8 Å². The number of aromatic amines is 1. The molecule has 1 amide bonds. The first-order valence-corrected chi connectivity index (χ1v) is 8.40. The molecule has 3 aromatic rings. The molecule has 140 valence electrons. The van der Waals surface area contributed by atoms with Gasteiger partial charge in [-0.05, 0) is 19.1 Å². The van der Waals surface area contributed by atoms with Crippen LogP contribution in [0.1, 0.15) is 29.1 Å². The number of ether oxygens (including phenoxy) is 1. The fourth-order valence-corrected chi connectivity index (χ4v) is 2.66. The van der Waals surface area contributed by atoms with E-state index < -0.39 is 0 Å². The Morgan fingerprint density at radius 1 is 1.37 bits per heavy atom. The number of nitrogens with one attached hydrogen (secondary N) is 2. The fraction of sp³-hybridized carbons (Fsp3) is 0.278. The molecule has 9 heteroatoms. The molecule has 3 rings (SSSR count). The van der Waals surface area contributed by atoms with Gasteiger partial charge in [0.15, 0.2) is 5.82 Å². The molecule has 2 heterocycles. The van der Waals surface area contributed by atoms with Crippen LogP contribution in [0.3, 0.4) is 0 Å². The van der Waals surface area contributed by atoms with E-state index in [-0.39, 0.29) is 17.5 Å². The second kappa shape index (κ2) is 8.37. The van der Waals surface area contributed by atoms with Crippen molar-refractivity contribution in [1.82, 2.24) is 30.0 Å². The number of carbonyl (C=O) groups is 1. The van der Waals surface area contributed by atoms with Gasteiger partial charge in [-0.15, -0.1) is 10.2 Å². The van der Waals surface area contributed by atoms with Gasteiger partial charge in [0.05, 0.1) is 30.7 Å². The van der Waals surface area contributed by atoms with Gasteiger partial charge in [-0.3, -0.25) is 14.6 Å². The zero-order valence-electron chi connectivity index (χ0n) is 15.0. The molecular formula is C18H20N6O3. The second-order valence-corrected chi connectivity index (χ2v) is 5.96. The minimum absolute atomic E-state index is 0.253. The molecular weight excluding hydrogens is 348 g/mol. The Hall–Kier alpha value is -3.33. The van der Waals surface area contributed by atoms with Gasteiger partial charge >= 0.3 is 0 Å². The summed E-state index contributed by atoms with van der Waals surface area (Å²) in [6, 6.07) is 6.62. The van der Waals surface area contributed by atoms with Crippen LogP contribution in [0.5, 0.6) is 0 Å². The first-order chi connectivity index (χ1) is 13.1. The average molecular weight is 368 g/mol. The van der Waals surface area contributed by atoms with E-state index in [9.17, 15) is 9.59 Å². The number of hydrogen-bond acceptors (Lipinski definition) is 6. The van der Waals surface area contributed by atoms with E-state index in [4.69, 9.17) is 4.74 Å². The Bertz CT molecular complexity index is 981. The van der Waals surface area contributed by atoms with Crippen LogP contribution in [0.15, 0.2) is 47.8 Å². The van der Waals surface area contributed by atoms with Crippen molar-refractivity contribution in [2.75, 3.05) is 13.7 Å². The number of aromatic nitrogens is 5. The summed E-state index contributed by atoms with van der Waals surface area (Å²) in [5.41, 5.74) is 1.41. The van der Waals surface area contributed by atoms with E-state index >= 15 is 0 Å². The van der Waals surface area contributed by atoms with Crippen molar-refractivity contribution < 1.29 is 9.53 Å². The number of nitrogens with zero attached hydrogens (tertiary/aromatic N) is 4. The van der Waals surface area contributed by atoms with E-state index in [0.717, 1.165) is 0 Å². The SMILES string of the molecule is COCCn1cnnc1C(C)NC(=O)c1cccc(-c2cncc(=O)[nH]2)c1. The Balaban J connectivity index is 1.76. The molecule has 27 heavy (non-hydrogen) atoms. The van der Waals surface area contributed by atoms with Crippen LogP contribution in [0.2, 0.25) is 0 Å². The Morgan fingerprint density at radius 3 is 3.00 bits per heavy atom. The van der Waals surface area contributed by atoms with Crippen LogP contribution in [0.4, 0.5) is 0 Å². The molecule has 0 spiro atoms. The lowest BCUT2D eigenvalue weighted by Crippen LogP contribution is -2.29. The summed E-state index contributed by atoms with van der Waals surface area (Å²) in [5, 5.41) is 10.9. The molecule has 0 aliphatic heterocycles. The highest BCUT2D eigenvalue weighted by atomic mass is 16.5. The third kappa shape index (κ3) is 4.45. The maximum absolute atomic E-state index is 12.6. The topological polar surface area (TPSA) is 115 Å². The number of amides is 1. The predicted octanol–water partition coefficient (Wildman–Crippen LogP) is 1.17. The molecule has 2 N–H and O–H groups in total. The summed E-state index contributed by atoms with van der Waals surface area (Å²) in [6.45, 7) is 2.97. The van der Waals surface area contributed by atoms with Gasteiger partial charge in [0, 0.05) is 24.8 Å². The maximum atomic E-state index is 12.6. The normalized spacial score (nSPS) is 11.9. The van der Waals surface area contributed by atoms with Gasteiger partial charge in [0.25, 0.3) is 11.5 Å². The summed E-state index contributed by atoms with van der Waals surface area (Å²) in [5.74, 6) is 0.394. The van der Waals surface area contributed by atoms with E-state index in [1.807, 2.05) is 11.5 Å². The molecule has 9 nitrogen and oxygen atoms in total. The van der Waals surface area contributed by atoms with Crippen LogP contribution in [-0.2, 0) is 11.3 Å². The summed E-state index contributed by atoms with van der Waals surface area (Å²) < 4.78 is 6.91. The lowest BCUT2D eigenvalue weighted by atomic mass is 10.1. The number of hydrogen-bond donors (Lipinski definition) is 2. The molecule has 0 saturated carbocycles. The minimum Gasteiger partial charge on any atom is -0.383 e. The molecule has 0 saturated heterocycles. The molecule has 1 atom stereocenters. The summed E-state index contributed by atoms with van der Waals surface area (Å²) in [4.78, 5) is 30.7. The largest absolute Gasteiger partial charge is 0.383 e. The Kier molecular flexibility index (Phi) is 5.72. The lowest BCUT2D eigenvalue weighted by Gasteiger charge is -2.15. The Morgan fingerprint density at radius 2 is 2.22 bits per heavy atom. The van der Waals surface area contributed by atoms with E-state index in [1.54, 1.807) is 43.9 Å². The molecule has 2 aromatic heterocycles. The zero-order chi connectivity index (χ0) is 19.2. The molecule has 0 aliphatic carbocycles. The number of rotatable bonds is 7. The first-order valence-electron chi connectivity index (χ1n) is 8.40. The summed E-state index contributed by atoms with van der Waals surface area (Å²) in [7, 11) is 1.62. The van der Waals surface area contributed by atoms with Gasteiger partial charge in [-0.1, -0.05) is 12.1 Å². The van der Waals surface area contributed by atoms with Crippen molar-refractivity contribution in [1.29, 1.82) is 0 Å². The van der Waals surface area contributed by atoms with Crippen molar-refractivity contribution in [3.05, 3.63) is 64.7 Å². The van der Waals surface area contributed by atoms with Crippen molar-refractivity contribution in [2.24, 2.45) is 0 Å². The molecule has 1 aromatic carbocycles. The predicted molar refractivity (Wildman–Crippen MR) is 98.1 cm³/mol. The van der Waals surface area contributed by atoms with E-state index in [2.05, 4.69) is 25.5 Å². The van der Waals surface area contributed by atoms with Crippen LogP contribution < -0.4 is 10.9 Å². The van der Waals surface area contributed by atoms with Crippen molar-refractivity contribution >= 4 is 5.91 Å². The van der Waals surface area contributed by atoms with Crippen LogP contribution >= 0.6 is 0 Å². The minimum atomic E-state index is -0.335. The van der Waals surface area contributed by atoms with Gasteiger partial charge in [-0.25, -0.2) is 0 Å². The number of methoxy groups -OCH3 is 1. The third-order valence-electron chi connectivity index (χ3n) is 4.01. The van der Waals surface area contributed by atoms with Gasteiger partial charge in [0.1, 0.15) is 6.33 Å². The van der Waals surface area contributed by atoms with Gasteiger partial charge in [0.2, 0.25) is 0 Å². The molecule has 0 fully saturated rings. The standard InChI is InChI=1S/C18H20N6O3/c1-12(17-23-20-11-24(17)6-7-27-2)21-18(26)14-5-3-4-13(8-14)15-9-19-10-16(25)22-15/h3-5,8-12H,6-7H2,1-2H3,(H,21,26)(H,22,25). The molecule has 1 unspecified atom stereocenters. The van der Waals surface area contributed by atoms with Crippen molar-refractivity contribution in [3.8, 4) is 11.3 Å². The van der Waals surface area contributed by atoms with Crippen LogP contribution in [0.25, 0.3) is 11.3 Å². The van der Waals surface area contributed by atoms with Crippen molar-refractivity contribution in [2.45, 2.75) is 19.5 Å². The molecule has 0 radical (unpaired) electrons. The molecule has 0 aliphatic rings. The van der Waals surface area contributed by atoms with E-state index in [1.165, 1.54) is 6.20 Å². The highest BCUT2D eigenvalue weighted by Gasteiger charge is 2.17. The summed E-state index contributed by atoms with van der Waals surface area (Å²) in [6.07, 6.45) is 4.34. The third-order valence-corrected chi connectivity index (χ3v) is 4.01. The first kappa shape index (κ1) is 18.5. The second-order valence-electron chi connectivity index (χ2n) is 5.96. The lowest BCUT2D eigenvalue weighted by molar-refractivity contribution is 0.0937. The summed E-state index contributed by atoms with van der Waals surface area (Å²) >= 11 is 0. The van der Waals surface area contributed by atoms with Crippen LogP contribution in [0, 0.1) is 0 Å². The smallest absolute Gasteiger partial charge is 0.266 e. The fourth-order valence-electron chi connectivity index (χ4n) is 2.66. The number of benzene rings is 1. The molecule has 0 bridgehead atoms. The maximum Gasteiger partial charge on any atom is 0.266 e. The zero-order valence-corrected chi connectivity index (χ0v) is 15.0. The van der Waals surface area contributed by atoms with Crippen LogP contribution in [-0.4, -0.2) is 44.4 Å². The number of carbonyl (C=O) groups excluding carboxylic acids is 1. The van der Waals surface area contributed by atoms with Gasteiger partial charge < -0.3 is 19.6 Å². The van der Waals surface area contributed by atoms with Crippen molar-refractivity contribution in [3.63, 3.8) is 0 Å². The highest BCUT2D eigenvalue weighted by Crippen LogP contribution is 2.17.